The molecule has 0 aromatic heterocycles. The summed E-state index contributed by atoms with van der Waals surface area (Å²) in [6, 6.07) is 2.70. The molecule has 1 N–H and O–H groups in total. The predicted octanol–water partition coefficient (Wildman–Crippen LogP) is 1.23. The highest BCUT2D eigenvalue weighted by atomic mass is 32.2. The predicted molar refractivity (Wildman–Crippen MR) is 68.9 cm³/mol. The van der Waals surface area contributed by atoms with Gasteiger partial charge in [0.15, 0.2) is 0 Å². The van der Waals surface area contributed by atoms with E-state index in [0.29, 0.717) is 12.2 Å². The number of rotatable bonds is 6. The highest BCUT2D eigenvalue weighted by Crippen LogP contribution is 2.19. The number of carbonyl (C=O) groups excluding carboxylic acids is 1. The Morgan fingerprint density at radius 1 is 1.53 bits per heavy atom. The van der Waals surface area contributed by atoms with Gasteiger partial charge >= 0.3 is 0 Å². The molecule has 0 bridgehead atoms. The number of amides is 1. The Hall–Kier alpha value is -1.83. The van der Waals surface area contributed by atoms with Crippen molar-refractivity contribution in [3.63, 3.8) is 0 Å². The van der Waals surface area contributed by atoms with E-state index in [1.807, 2.05) is 0 Å². The summed E-state index contributed by atoms with van der Waals surface area (Å²) in [6.07, 6.45) is 2.03. The van der Waals surface area contributed by atoms with Gasteiger partial charge < -0.3 is 5.32 Å². The van der Waals surface area contributed by atoms with Gasteiger partial charge in [-0.1, -0.05) is 0 Å². The van der Waals surface area contributed by atoms with Crippen LogP contribution in [0.4, 0.5) is 10.1 Å². The summed E-state index contributed by atoms with van der Waals surface area (Å²) < 4.78 is 23.8. The summed E-state index contributed by atoms with van der Waals surface area (Å²) in [4.78, 5) is 21.7. The second-order valence-electron chi connectivity index (χ2n) is 3.81. The maximum absolute atomic E-state index is 13.0. The molecular formula is C11H13FN2O4S. The van der Waals surface area contributed by atoms with Crippen LogP contribution in [0.15, 0.2) is 18.2 Å². The topological polar surface area (TPSA) is 89.3 Å². The zero-order valence-electron chi connectivity index (χ0n) is 10.2. The molecule has 0 radical (unpaired) electrons. The highest BCUT2D eigenvalue weighted by Gasteiger charge is 2.20. The fraction of sp³-hybridized carbons (Fsp3) is 0.364. The van der Waals surface area contributed by atoms with Crippen molar-refractivity contribution in [2.75, 3.05) is 18.6 Å². The number of hydrogen-bond donors (Lipinski definition) is 1. The van der Waals surface area contributed by atoms with Crippen LogP contribution in [0.1, 0.15) is 16.8 Å². The molecule has 1 atom stereocenters. The molecule has 0 heterocycles. The molecule has 1 amide bonds. The number of nitrogens with one attached hydrogen (secondary N) is 1. The van der Waals surface area contributed by atoms with Crippen LogP contribution in [0.5, 0.6) is 0 Å². The SMILES string of the molecule is CS(=O)CCCNC(=O)c1cc(F)ccc1[N+](=O)[O-]. The fourth-order valence-electron chi connectivity index (χ4n) is 1.42. The fourth-order valence-corrected chi connectivity index (χ4v) is 1.97. The van der Waals surface area contributed by atoms with E-state index in [-0.39, 0.29) is 12.1 Å². The molecule has 0 aliphatic rings. The van der Waals surface area contributed by atoms with Crippen LogP contribution < -0.4 is 5.32 Å². The zero-order chi connectivity index (χ0) is 14.4. The Labute approximate surface area is 111 Å². The summed E-state index contributed by atoms with van der Waals surface area (Å²) in [5.74, 6) is -1.01. The maximum atomic E-state index is 13.0. The van der Waals surface area contributed by atoms with Gasteiger partial charge in [0.25, 0.3) is 11.6 Å². The Morgan fingerprint density at radius 3 is 2.79 bits per heavy atom. The number of benzene rings is 1. The van der Waals surface area contributed by atoms with Crippen molar-refractivity contribution in [2.24, 2.45) is 0 Å². The molecule has 0 spiro atoms. The molecule has 0 aliphatic carbocycles. The Balaban J connectivity index is 2.73. The molecule has 6 nitrogen and oxygen atoms in total. The van der Waals surface area contributed by atoms with Crippen molar-refractivity contribution in [1.82, 2.24) is 5.32 Å². The third-order valence-electron chi connectivity index (χ3n) is 2.29. The van der Waals surface area contributed by atoms with Crippen molar-refractivity contribution in [3.05, 3.63) is 39.7 Å². The minimum Gasteiger partial charge on any atom is -0.352 e. The number of nitro groups is 1. The molecular weight excluding hydrogens is 275 g/mol. The Morgan fingerprint density at radius 2 is 2.21 bits per heavy atom. The molecule has 1 aromatic carbocycles. The second-order valence-corrected chi connectivity index (χ2v) is 5.36. The molecule has 1 unspecified atom stereocenters. The van der Waals surface area contributed by atoms with Crippen molar-refractivity contribution in [2.45, 2.75) is 6.42 Å². The van der Waals surface area contributed by atoms with Crippen molar-refractivity contribution >= 4 is 22.4 Å². The van der Waals surface area contributed by atoms with Gasteiger partial charge in [-0.2, -0.15) is 0 Å². The van der Waals surface area contributed by atoms with Crippen LogP contribution in [-0.4, -0.2) is 33.6 Å². The normalized spacial score (nSPS) is 11.9. The van der Waals surface area contributed by atoms with E-state index in [1.54, 1.807) is 6.26 Å². The molecule has 0 fully saturated rings. The molecule has 8 heteroatoms. The quantitative estimate of drug-likeness (QED) is 0.484. The van der Waals surface area contributed by atoms with Gasteiger partial charge in [-0.05, 0) is 18.6 Å². The van der Waals surface area contributed by atoms with Gasteiger partial charge in [0.1, 0.15) is 11.4 Å². The number of hydrogen-bond acceptors (Lipinski definition) is 4. The third kappa shape index (κ3) is 4.74. The van der Waals surface area contributed by atoms with Gasteiger partial charge in [0.2, 0.25) is 0 Å². The lowest BCUT2D eigenvalue weighted by molar-refractivity contribution is -0.385. The Kier molecular flexibility index (Phi) is 5.56. The van der Waals surface area contributed by atoms with Crippen LogP contribution >= 0.6 is 0 Å². The van der Waals surface area contributed by atoms with Gasteiger partial charge in [-0.3, -0.25) is 19.1 Å². The molecule has 1 aromatic rings. The molecule has 104 valence electrons. The lowest BCUT2D eigenvalue weighted by Crippen LogP contribution is -2.26. The first-order valence-corrected chi connectivity index (χ1v) is 7.16. The minimum absolute atomic E-state index is 0.228. The standard InChI is InChI=1S/C11H13FN2O4S/c1-19(18)6-2-5-13-11(15)9-7-8(12)3-4-10(9)14(16)17/h3-4,7H,2,5-6H2,1H3,(H,13,15). The van der Waals surface area contributed by atoms with Crippen LogP contribution in [0.3, 0.4) is 0 Å². The monoisotopic (exact) mass is 288 g/mol. The van der Waals surface area contributed by atoms with Crippen LogP contribution in [-0.2, 0) is 10.8 Å². The second kappa shape index (κ2) is 6.93. The average molecular weight is 288 g/mol. The Bertz CT molecular complexity index is 521. The van der Waals surface area contributed by atoms with Crippen molar-refractivity contribution < 1.29 is 18.3 Å². The van der Waals surface area contributed by atoms with Crippen LogP contribution in [0.2, 0.25) is 0 Å². The van der Waals surface area contributed by atoms with E-state index in [9.17, 15) is 23.5 Å². The maximum Gasteiger partial charge on any atom is 0.282 e. The zero-order valence-corrected chi connectivity index (χ0v) is 11.0. The van der Waals surface area contributed by atoms with E-state index in [1.165, 1.54) is 0 Å². The smallest absolute Gasteiger partial charge is 0.282 e. The van der Waals surface area contributed by atoms with E-state index in [2.05, 4.69) is 5.32 Å². The first kappa shape index (κ1) is 15.2. The lowest BCUT2D eigenvalue weighted by atomic mass is 10.1. The summed E-state index contributed by atoms with van der Waals surface area (Å²) in [5.41, 5.74) is -0.763. The largest absolute Gasteiger partial charge is 0.352 e. The molecule has 0 saturated carbocycles. The van der Waals surface area contributed by atoms with Crippen molar-refractivity contribution in [3.8, 4) is 0 Å². The minimum atomic E-state index is -0.960. The van der Waals surface area contributed by atoms with E-state index in [0.717, 1.165) is 18.2 Å². The van der Waals surface area contributed by atoms with Crippen LogP contribution in [0, 0.1) is 15.9 Å². The van der Waals surface area contributed by atoms with Crippen LogP contribution in [0.25, 0.3) is 0 Å². The number of nitro benzene ring substituents is 1. The number of nitrogens with zero attached hydrogens (tertiary/aromatic N) is 1. The molecule has 0 saturated heterocycles. The molecule has 1 rings (SSSR count). The summed E-state index contributed by atoms with van der Waals surface area (Å²) in [6.45, 7) is 0.228. The first-order valence-electron chi connectivity index (χ1n) is 5.44. The average Bonchev–Trinajstić information content (AvgIpc) is 2.33. The third-order valence-corrected chi connectivity index (χ3v) is 3.16. The molecule has 0 aliphatic heterocycles. The van der Waals surface area contributed by atoms with E-state index < -0.39 is 33.1 Å². The number of carbonyl (C=O) groups is 1. The first-order chi connectivity index (χ1) is 8.91. The number of halogens is 1. The van der Waals surface area contributed by atoms with E-state index >= 15 is 0 Å². The lowest BCUT2D eigenvalue weighted by Gasteiger charge is -2.05. The summed E-state index contributed by atoms with van der Waals surface area (Å²) >= 11 is 0. The van der Waals surface area contributed by atoms with E-state index in [4.69, 9.17) is 0 Å². The summed E-state index contributed by atoms with van der Waals surface area (Å²) in [5, 5.41) is 13.2. The van der Waals surface area contributed by atoms with Gasteiger partial charge in [0, 0.05) is 35.4 Å². The van der Waals surface area contributed by atoms with Gasteiger partial charge in [0.05, 0.1) is 4.92 Å². The molecule has 19 heavy (non-hydrogen) atoms. The van der Waals surface area contributed by atoms with Crippen molar-refractivity contribution in [1.29, 1.82) is 0 Å². The highest BCUT2D eigenvalue weighted by molar-refractivity contribution is 7.84. The summed E-state index contributed by atoms with van der Waals surface area (Å²) in [7, 11) is -0.960. The van der Waals surface area contributed by atoms with Gasteiger partial charge in [-0.25, -0.2) is 4.39 Å². The van der Waals surface area contributed by atoms with Gasteiger partial charge in [-0.15, -0.1) is 0 Å².